The Kier molecular flexibility index (Phi) is 3.85. The number of sulfonamides is 1. The second kappa shape index (κ2) is 5.11. The lowest BCUT2D eigenvalue weighted by Gasteiger charge is -2.20. The first-order valence-corrected chi connectivity index (χ1v) is 7.93. The minimum absolute atomic E-state index is 0.121. The number of primary sulfonamides is 1. The van der Waals surface area contributed by atoms with Crippen LogP contribution in [-0.4, -0.2) is 26.6 Å². The average Bonchev–Trinajstić information content (AvgIpc) is 2.56. The summed E-state index contributed by atoms with van der Waals surface area (Å²) in [4.78, 5) is 13.6. The van der Waals surface area contributed by atoms with Crippen LogP contribution in [0.5, 0.6) is 0 Å². The first kappa shape index (κ1) is 14.3. The highest BCUT2D eigenvalue weighted by Crippen LogP contribution is 2.34. The molecule has 0 saturated carbocycles. The number of nitrogens with zero attached hydrogens (tertiary/aromatic N) is 1. The molecule has 2 N–H and O–H groups in total. The van der Waals surface area contributed by atoms with Crippen LogP contribution in [0.1, 0.15) is 12.0 Å². The smallest absolute Gasteiger partial charge is 0.227 e. The summed E-state index contributed by atoms with van der Waals surface area (Å²) in [6, 6.07) is 5.38. The monoisotopic (exact) mass is 302 g/mol. The lowest BCUT2D eigenvalue weighted by Crippen LogP contribution is -2.28. The van der Waals surface area contributed by atoms with Gasteiger partial charge in [-0.2, -0.15) is 0 Å². The third kappa shape index (κ3) is 3.26. The second-order valence-electron chi connectivity index (χ2n) is 4.81. The van der Waals surface area contributed by atoms with Gasteiger partial charge in [-0.1, -0.05) is 23.7 Å². The summed E-state index contributed by atoms with van der Waals surface area (Å²) in [5, 5.41) is 5.51. The minimum Gasteiger partial charge on any atom is -0.310 e. The molecule has 1 aromatic rings. The summed E-state index contributed by atoms with van der Waals surface area (Å²) < 4.78 is 22.2. The fourth-order valence-electron chi connectivity index (χ4n) is 2.40. The number of hydrogen-bond acceptors (Lipinski definition) is 3. The number of hydrogen-bond donors (Lipinski definition) is 1. The van der Waals surface area contributed by atoms with Crippen LogP contribution in [0.3, 0.4) is 0 Å². The number of rotatable bonds is 3. The quantitative estimate of drug-likeness (QED) is 0.913. The van der Waals surface area contributed by atoms with Crippen LogP contribution < -0.4 is 10.0 Å². The van der Waals surface area contributed by atoms with Crippen molar-refractivity contribution in [1.29, 1.82) is 0 Å². The van der Waals surface area contributed by atoms with Gasteiger partial charge in [-0.3, -0.25) is 4.79 Å². The molecule has 1 aliphatic rings. The maximum atomic E-state index is 12.0. The number of anilines is 1. The molecule has 19 heavy (non-hydrogen) atoms. The topological polar surface area (TPSA) is 80.5 Å². The first-order chi connectivity index (χ1) is 8.78. The van der Waals surface area contributed by atoms with Crippen LogP contribution in [0.25, 0.3) is 0 Å². The molecule has 0 aliphatic carbocycles. The zero-order valence-corrected chi connectivity index (χ0v) is 12.0. The van der Waals surface area contributed by atoms with Crippen molar-refractivity contribution < 1.29 is 13.2 Å². The van der Waals surface area contributed by atoms with Gasteiger partial charge < -0.3 is 4.90 Å². The molecule has 0 radical (unpaired) electrons. The SMILES string of the molecule is Cc1cccc(Cl)c1N1CC(CS(N)(=O)=O)CC1=O. The summed E-state index contributed by atoms with van der Waals surface area (Å²) >= 11 is 6.12. The number of nitrogens with two attached hydrogens (primary N) is 1. The fraction of sp³-hybridized carbons (Fsp3) is 0.417. The van der Waals surface area contributed by atoms with E-state index in [1.54, 1.807) is 11.0 Å². The number of carbonyl (C=O) groups is 1. The fourth-order valence-corrected chi connectivity index (χ4v) is 3.61. The van der Waals surface area contributed by atoms with Gasteiger partial charge in [0.15, 0.2) is 0 Å². The molecular formula is C12H15ClN2O3S. The number of benzene rings is 1. The Morgan fingerprint density at radius 3 is 2.74 bits per heavy atom. The summed E-state index contributed by atoms with van der Waals surface area (Å²) in [7, 11) is -3.57. The molecule has 104 valence electrons. The van der Waals surface area contributed by atoms with Crippen molar-refractivity contribution in [2.75, 3.05) is 17.2 Å². The van der Waals surface area contributed by atoms with Gasteiger partial charge in [-0.25, -0.2) is 13.6 Å². The largest absolute Gasteiger partial charge is 0.310 e. The number of amides is 1. The van der Waals surface area contributed by atoms with Crippen molar-refractivity contribution in [2.45, 2.75) is 13.3 Å². The van der Waals surface area contributed by atoms with Gasteiger partial charge in [-0.05, 0) is 18.6 Å². The summed E-state index contributed by atoms with van der Waals surface area (Å²) in [6.45, 7) is 2.20. The Labute approximate surface area is 117 Å². The molecule has 1 saturated heterocycles. The van der Waals surface area contributed by atoms with Crippen molar-refractivity contribution in [3.63, 3.8) is 0 Å². The van der Waals surface area contributed by atoms with Gasteiger partial charge in [0.2, 0.25) is 15.9 Å². The van der Waals surface area contributed by atoms with E-state index >= 15 is 0 Å². The molecule has 0 aromatic heterocycles. The highest BCUT2D eigenvalue weighted by Gasteiger charge is 2.34. The van der Waals surface area contributed by atoms with Crippen LogP contribution >= 0.6 is 11.6 Å². The van der Waals surface area contributed by atoms with E-state index < -0.39 is 10.0 Å². The van der Waals surface area contributed by atoms with Gasteiger partial charge in [-0.15, -0.1) is 0 Å². The van der Waals surface area contributed by atoms with Gasteiger partial charge >= 0.3 is 0 Å². The van der Waals surface area contributed by atoms with E-state index in [4.69, 9.17) is 16.7 Å². The third-order valence-corrected chi connectivity index (χ3v) is 4.37. The van der Waals surface area contributed by atoms with E-state index in [1.165, 1.54) is 0 Å². The van der Waals surface area contributed by atoms with Crippen LogP contribution in [0.4, 0.5) is 5.69 Å². The van der Waals surface area contributed by atoms with E-state index in [9.17, 15) is 13.2 Å². The van der Waals surface area contributed by atoms with Crippen LogP contribution in [0, 0.1) is 12.8 Å². The zero-order valence-electron chi connectivity index (χ0n) is 10.5. The Morgan fingerprint density at radius 2 is 2.16 bits per heavy atom. The molecule has 1 fully saturated rings. The molecule has 1 unspecified atom stereocenters. The molecule has 1 aromatic carbocycles. The molecule has 1 amide bonds. The molecule has 0 spiro atoms. The van der Waals surface area contributed by atoms with Crippen LogP contribution in [-0.2, 0) is 14.8 Å². The van der Waals surface area contributed by atoms with Crippen molar-refractivity contribution >= 4 is 33.2 Å². The standard InChI is InChI=1S/C12H15ClN2O3S/c1-8-3-2-4-10(13)12(8)15-6-9(5-11(15)16)7-19(14,17)18/h2-4,9H,5-7H2,1H3,(H2,14,17,18). The Bertz CT molecular complexity index is 595. The minimum atomic E-state index is -3.57. The summed E-state index contributed by atoms with van der Waals surface area (Å²) in [6.07, 6.45) is 0.182. The molecule has 1 aliphatic heterocycles. The summed E-state index contributed by atoms with van der Waals surface area (Å²) in [5.74, 6) is -0.582. The summed E-state index contributed by atoms with van der Waals surface area (Å²) in [5.41, 5.74) is 1.54. The predicted molar refractivity (Wildman–Crippen MR) is 74.6 cm³/mol. The Morgan fingerprint density at radius 1 is 1.47 bits per heavy atom. The van der Waals surface area contributed by atoms with E-state index in [0.717, 1.165) is 5.56 Å². The van der Waals surface area contributed by atoms with Crippen molar-refractivity contribution in [2.24, 2.45) is 11.1 Å². The zero-order chi connectivity index (χ0) is 14.2. The maximum Gasteiger partial charge on any atom is 0.227 e. The normalized spacial score (nSPS) is 20.1. The van der Waals surface area contributed by atoms with Crippen molar-refractivity contribution in [3.05, 3.63) is 28.8 Å². The highest BCUT2D eigenvalue weighted by atomic mass is 35.5. The molecule has 1 heterocycles. The molecule has 7 heteroatoms. The van der Waals surface area contributed by atoms with E-state index in [-0.39, 0.29) is 24.0 Å². The van der Waals surface area contributed by atoms with Crippen molar-refractivity contribution in [3.8, 4) is 0 Å². The number of aryl methyl sites for hydroxylation is 1. The van der Waals surface area contributed by atoms with Crippen LogP contribution in [0.2, 0.25) is 5.02 Å². The molecule has 1 atom stereocenters. The molecule has 2 rings (SSSR count). The van der Waals surface area contributed by atoms with Gasteiger partial charge in [0.05, 0.1) is 16.5 Å². The highest BCUT2D eigenvalue weighted by molar-refractivity contribution is 7.89. The number of carbonyl (C=O) groups excluding carboxylic acids is 1. The lowest BCUT2D eigenvalue weighted by atomic mass is 10.1. The van der Waals surface area contributed by atoms with Gasteiger partial charge in [0, 0.05) is 18.9 Å². The maximum absolute atomic E-state index is 12.0. The van der Waals surface area contributed by atoms with Crippen LogP contribution in [0.15, 0.2) is 18.2 Å². The Balaban J connectivity index is 2.26. The predicted octanol–water partition coefficient (Wildman–Crippen LogP) is 1.29. The second-order valence-corrected chi connectivity index (χ2v) is 6.88. The molecule has 5 nitrogen and oxygen atoms in total. The van der Waals surface area contributed by atoms with E-state index in [1.807, 2.05) is 19.1 Å². The van der Waals surface area contributed by atoms with E-state index in [2.05, 4.69) is 0 Å². The van der Waals surface area contributed by atoms with Gasteiger partial charge in [0.25, 0.3) is 0 Å². The Hall–Kier alpha value is -1.11. The first-order valence-electron chi connectivity index (χ1n) is 5.84. The lowest BCUT2D eigenvalue weighted by molar-refractivity contribution is -0.117. The van der Waals surface area contributed by atoms with Crippen molar-refractivity contribution in [1.82, 2.24) is 0 Å². The molecule has 0 bridgehead atoms. The van der Waals surface area contributed by atoms with E-state index in [0.29, 0.717) is 17.3 Å². The number of para-hydroxylation sites is 1. The average molecular weight is 303 g/mol. The van der Waals surface area contributed by atoms with Gasteiger partial charge in [0.1, 0.15) is 0 Å². The molecular weight excluding hydrogens is 288 g/mol. The third-order valence-electron chi connectivity index (χ3n) is 3.13. The number of halogens is 1.